The van der Waals surface area contributed by atoms with Gasteiger partial charge in [0.25, 0.3) is 0 Å². The summed E-state index contributed by atoms with van der Waals surface area (Å²) in [6.07, 6.45) is 0. The Kier molecular flexibility index (Phi) is 4.53. The Bertz CT molecular complexity index is 573. The van der Waals surface area contributed by atoms with Crippen LogP contribution in [0.1, 0.15) is 11.6 Å². The van der Waals surface area contributed by atoms with E-state index < -0.39 is 17.7 Å². The van der Waals surface area contributed by atoms with Gasteiger partial charge in [-0.3, -0.25) is 0 Å². The minimum absolute atomic E-state index is 0.0182. The van der Waals surface area contributed by atoms with Crippen LogP contribution in [0.15, 0.2) is 42.5 Å². The standard InChI is InChI=1S/C15H15F2NO2/c1-19-12-5-2-10(3-6-12)14(18)9-20-15-7-4-11(16)8-13(15)17/h2-8,14H,9,18H2,1H3. The summed E-state index contributed by atoms with van der Waals surface area (Å²) in [6.45, 7) is 0.0921. The quantitative estimate of drug-likeness (QED) is 0.915. The van der Waals surface area contributed by atoms with Crippen molar-refractivity contribution in [1.82, 2.24) is 0 Å². The van der Waals surface area contributed by atoms with E-state index in [0.29, 0.717) is 0 Å². The molecule has 3 nitrogen and oxygen atoms in total. The normalized spacial score (nSPS) is 12.0. The fourth-order valence-corrected chi connectivity index (χ4v) is 1.72. The molecule has 0 saturated heterocycles. The van der Waals surface area contributed by atoms with Crippen molar-refractivity contribution in [2.45, 2.75) is 6.04 Å². The highest BCUT2D eigenvalue weighted by atomic mass is 19.1. The molecule has 2 aromatic carbocycles. The molecule has 0 aliphatic rings. The summed E-state index contributed by atoms with van der Waals surface area (Å²) in [4.78, 5) is 0. The molecule has 1 unspecified atom stereocenters. The third-order valence-electron chi connectivity index (χ3n) is 2.86. The van der Waals surface area contributed by atoms with Crippen LogP contribution < -0.4 is 15.2 Å². The van der Waals surface area contributed by atoms with E-state index in [-0.39, 0.29) is 12.4 Å². The maximum atomic E-state index is 13.4. The molecule has 0 saturated carbocycles. The van der Waals surface area contributed by atoms with Crippen LogP contribution >= 0.6 is 0 Å². The number of hydrogen-bond donors (Lipinski definition) is 1. The molecule has 2 rings (SSSR count). The van der Waals surface area contributed by atoms with Gasteiger partial charge in [0, 0.05) is 6.07 Å². The van der Waals surface area contributed by atoms with E-state index in [0.717, 1.165) is 23.4 Å². The smallest absolute Gasteiger partial charge is 0.167 e. The number of nitrogens with two attached hydrogens (primary N) is 1. The highest BCUT2D eigenvalue weighted by Gasteiger charge is 2.10. The number of halogens is 2. The van der Waals surface area contributed by atoms with Gasteiger partial charge in [0.1, 0.15) is 18.2 Å². The molecule has 0 bridgehead atoms. The van der Waals surface area contributed by atoms with Crippen LogP contribution in [0.25, 0.3) is 0 Å². The maximum absolute atomic E-state index is 13.4. The van der Waals surface area contributed by atoms with Gasteiger partial charge in [-0.2, -0.15) is 0 Å². The fraction of sp³-hybridized carbons (Fsp3) is 0.200. The minimum atomic E-state index is -0.744. The summed E-state index contributed by atoms with van der Waals surface area (Å²) in [6, 6.07) is 9.94. The average molecular weight is 279 g/mol. The zero-order valence-corrected chi connectivity index (χ0v) is 11.0. The van der Waals surface area contributed by atoms with Crippen molar-refractivity contribution >= 4 is 0 Å². The van der Waals surface area contributed by atoms with Gasteiger partial charge in [-0.15, -0.1) is 0 Å². The van der Waals surface area contributed by atoms with Crippen LogP contribution in [0, 0.1) is 11.6 Å². The van der Waals surface area contributed by atoms with Crippen molar-refractivity contribution < 1.29 is 18.3 Å². The second kappa shape index (κ2) is 6.34. The van der Waals surface area contributed by atoms with Crippen LogP contribution in [0.4, 0.5) is 8.78 Å². The Morgan fingerprint density at radius 2 is 1.80 bits per heavy atom. The lowest BCUT2D eigenvalue weighted by Crippen LogP contribution is -2.19. The van der Waals surface area contributed by atoms with Gasteiger partial charge in [0.05, 0.1) is 13.2 Å². The van der Waals surface area contributed by atoms with Crippen molar-refractivity contribution in [2.75, 3.05) is 13.7 Å². The van der Waals surface area contributed by atoms with Gasteiger partial charge in [0.2, 0.25) is 0 Å². The molecular weight excluding hydrogens is 264 g/mol. The van der Waals surface area contributed by atoms with Crippen molar-refractivity contribution in [2.24, 2.45) is 5.73 Å². The van der Waals surface area contributed by atoms with Crippen LogP contribution in [-0.2, 0) is 0 Å². The predicted molar refractivity (Wildman–Crippen MR) is 71.8 cm³/mol. The second-order valence-corrected chi connectivity index (χ2v) is 4.27. The summed E-state index contributed by atoms with van der Waals surface area (Å²) in [5.41, 5.74) is 6.79. The number of benzene rings is 2. The van der Waals surface area contributed by atoms with Crippen LogP contribution in [0.3, 0.4) is 0 Å². The van der Waals surface area contributed by atoms with Crippen molar-refractivity contribution in [1.29, 1.82) is 0 Å². The van der Waals surface area contributed by atoms with E-state index in [9.17, 15) is 8.78 Å². The molecule has 0 aliphatic carbocycles. The van der Waals surface area contributed by atoms with E-state index in [4.69, 9.17) is 15.2 Å². The highest BCUT2D eigenvalue weighted by molar-refractivity contribution is 5.29. The molecule has 20 heavy (non-hydrogen) atoms. The minimum Gasteiger partial charge on any atom is -0.497 e. The Hall–Kier alpha value is -2.14. The van der Waals surface area contributed by atoms with Gasteiger partial charge in [-0.05, 0) is 29.8 Å². The third kappa shape index (κ3) is 3.45. The molecule has 0 radical (unpaired) electrons. The first-order chi connectivity index (χ1) is 9.60. The van der Waals surface area contributed by atoms with Crippen molar-refractivity contribution in [3.63, 3.8) is 0 Å². The lowest BCUT2D eigenvalue weighted by Gasteiger charge is -2.14. The molecule has 0 aromatic heterocycles. The molecule has 0 fully saturated rings. The Morgan fingerprint density at radius 1 is 1.10 bits per heavy atom. The van der Waals surface area contributed by atoms with Crippen molar-refractivity contribution in [3.8, 4) is 11.5 Å². The molecule has 0 spiro atoms. The second-order valence-electron chi connectivity index (χ2n) is 4.27. The number of rotatable bonds is 5. The molecule has 0 aliphatic heterocycles. The largest absolute Gasteiger partial charge is 0.497 e. The van der Waals surface area contributed by atoms with Crippen molar-refractivity contribution in [3.05, 3.63) is 59.7 Å². The first-order valence-electron chi connectivity index (χ1n) is 6.07. The number of hydrogen-bond acceptors (Lipinski definition) is 3. The van der Waals surface area contributed by atoms with Gasteiger partial charge in [-0.25, -0.2) is 8.78 Å². The van der Waals surface area contributed by atoms with Crippen LogP contribution in [0.2, 0.25) is 0 Å². The van der Waals surface area contributed by atoms with Gasteiger partial charge in [0.15, 0.2) is 11.6 Å². The van der Waals surface area contributed by atoms with Crippen LogP contribution in [-0.4, -0.2) is 13.7 Å². The fourth-order valence-electron chi connectivity index (χ4n) is 1.72. The third-order valence-corrected chi connectivity index (χ3v) is 2.86. The topological polar surface area (TPSA) is 44.5 Å². The molecule has 2 N–H and O–H groups in total. The molecule has 106 valence electrons. The van der Waals surface area contributed by atoms with Crippen LogP contribution in [0.5, 0.6) is 11.5 Å². The van der Waals surface area contributed by atoms with E-state index in [1.54, 1.807) is 19.2 Å². The van der Waals surface area contributed by atoms with E-state index in [1.807, 2.05) is 12.1 Å². The Morgan fingerprint density at radius 3 is 2.40 bits per heavy atom. The zero-order valence-electron chi connectivity index (χ0n) is 11.0. The molecular formula is C15H15F2NO2. The SMILES string of the molecule is COc1ccc(C(N)COc2ccc(F)cc2F)cc1. The molecule has 0 heterocycles. The monoisotopic (exact) mass is 279 g/mol. The molecule has 0 amide bonds. The average Bonchev–Trinajstić information content (AvgIpc) is 2.46. The predicted octanol–water partition coefficient (Wildman–Crippen LogP) is 3.05. The molecule has 2 aromatic rings. The lowest BCUT2D eigenvalue weighted by molar-refractivity contribution is 0.276. The maximum Gasteiger partial charge on any atom is 0.167 e. The Balaban J connectivity index is 1.98. The first kappa shape index (κ1) is 14.3. The van der Waals surface area contributed by atoms with Gasteiger partial charge < -0.3 is 15.2 Å². The summed E-state index contributed by atoms with van der Waals surface area (Å²) in [5.74, 6) is -0.678. The summed E-state index contributed by atoms with van der Waals surface area (Å²) in [5, 5.41) is 0. The molecule has 1 atom stereocenters. The number of methoxy groups -OCH3 is 1. The van der Waals surface area contributed by atoms with Gasteiger partial charge in [-0.1, -0.05) is 12.1 Å². The summed E-state index contributed by atoms with van der Waals surface area (Å²) in [7, 11) is 1.58. The van der Waals surface area contributed by atoms with Gasteiger partial charge >= 0.3 is 0 Å². The molecule has 5 heteroatoms. The number of ether oxygens (including phenoxy) is 2. The zero-order chi connectivity index (χ0) is 14.5. The summed E-state index contributed by atoms with van der Waals surface area (Å²) < 4.78 is 36.4. The van der Waals surface area contributed by atoms with E-state index in [2.05, 4.69) is 0 Å². The lowest BCUT2D eigenvalue weighted by atomic mass is 10.1. The Labute approximate surface area is 115 Å². The van der Waals surface area contributed by atoms with E-state index in [1.165, 1.54) is 6.07 Å². The highest BCUT2D eigenvalue weighted by Crippen LogP contribution is 2.20. The first-order valence-corrected chi connectivity index (χ1v) is 6.07. The van der Waals surface area contributed by atoms with E-state index >= 15 is 0 Å². The summed E-state index contributed by atoms with van der Waals surface area (Å²) >= 11 is 0.